The van der Waals surface area contributed by atoms with Gasteiger partial charge in [0.05, 0.1) is 18.6 Å². The Morgan fingerprint density at radius 2 is 1.64 bits per heavy atom. The highest BCUT2D eigenvalue weighted by Gasteiger charge is 2.21. The predicted molar refractivity (Wildman–Crippen MR) is 119 cm³/mol. The van der Waals surface area contributed by atoms with Crippen LogP contribution in [0.25, 0.3) is 32.7 Å². The largest absolute Gasteiger partial charge is 0.496 e. The Morgan fingerprint density at radius 1 is 0.893 bits per heavy atom. The van der Waals surface area contributed by atoms with Gasteiger partial charge in [-0.15, -0.1) is 0 Å². The molecule has 0 aromatic heterocycles. The van der Waals surface area contributed by atoms with Crippen LogP contribution in [-0.2, 0) is 15.3 Å². The van der Waals surface area contributed by atoms with Gasteiger partial charge in [0.15, 0.2) is 11.1 Å². The lowest BCUT2D eigenvalue weighted by molar-refractivity contribution is 0.372. The highest BCUT2D eigenvalue weighted by atomic mass is 79.9. The van der Waals surface area contributed by atoms with Crippen LogP contribution >= 0.6 is 15.9 Å². The van der Waals surface area contributed by atoms with Gasteiger partial charge in [0, 0.05) is 15.6 Å². The standard InChI is InChI=1S/C23H19BrO3S/c1-3-27-28(25)21-13-9-15-6-4-5-7-18(15)23(21)22-19-11-10-17(24)14-16(19)8-12-20(22)26-2/h4-14H,3H2,1-2H3. The van der Waals surface area contributed by atoms with Crippen LogP contribution in [0.2, 0.25) is 0 Å². The lowest BCUT2D eigenvalue weighted by Crippen LogP contribution is -2.01. The summed E-state index contributed by atoms with van der Waals surface area (Å²) in [6.45, 7) is 2.22. The van der Waals surface area contributed by atoms with Gasteiger partial charge in [-0.2, -0.15) is 0 Å². The van der Waals surface area contributed by atoms with Crippen molar-refractivity contribution >= 4 is 48.6 Å². The third-order valence-corrected chi connectivity index (χ3v) is 6.35. The van der Waals surface area contributed by atoms with E-state index < -0.39 is 11.1 Å². The van der Waals surface area contributed by atoms with Crippen LogP contribution in [0.3, 0.4) is 0 Å². The number of halogens is 1. The normalized spacial score (nSPS) is 12.4. The fourth-order valence-electron chi connectivity index (χ4n) is 3.53. The first-order chi connectivity index (χ1) is 13.6. The van der Waals surface area contributed by atoms with Crippen molar-refractivity contribution in [1.29, 1.82) is 0 Å². The summed E-state index contributed by atoms with van der Waals surface area (Å²) < 4.78 is 25.1. The number of hydrogen-bond donors (Lipinski definition) is 0. The van der Waals surface area contributed by atoms with Crippen LogP contribution in [0, 0.1) is 0 Å². The van der Waals surface area contributed by atoms with Gasteiger partial charge in [0.2, 0.25) is 0 Å². The molecule has 28 heavy (non-hydrogen) atoms. The third-order valence-electron chi connectivity index (χ3n) is 4.71. The van der Waals surface area contributed by atoms with E-state index in [4.69, 9.17) is 8.92 Å². The van der Waals surface area contributed by atoms with Crippen molar-refractivity contribution in [3.63, 3.8) is 0 Å². The topological polar surface area (TPSA) is 35.5 Å². The maximum Gasteiger partial charge on any atom is 0.189 e. The van der Waals surface area contributed by atoms with Gasteiger partial charge in [-0.05, 0) is 52.7 Å². The molecule has 4 aromatic carbocycles. The van der Waals surface area contributed by atoms with E-state index in [0.717, 1.165) is 42.9 Å². The van der Waals surface area contributed by atoms with E-state index in [-0.39, 0.29) is 0 Å². The van der Waals surface area contributed by atoms with E-state index in [1.165, 1.54) is 0 Å². The van der Waals surface area contributed by atoms with Gasteiger partial charge < -0.3 is 4.74 Å². The smallest absolute Gasteiger partial charge is 0.189 e. The summed E-state index contributed by atoms with van der Waals surface area (Å²) >= 11 is 1.97. The molecular formula is C23H19BrO3S. The molecule has 0 saturated heterocycles. The van der Waals surface area contributed by atoms with Gasteiger partial charge in [-0.25, -0.2) is 4.21 Å². The van der Waals surface area contributed by atoms with Gasteiger partial charge >= 0.3 is 0 Å². The number of rotatable bonds is 5. The Labute approximate surface area is 175 Å². The van der Waals surface area contributed by atoms with Crippen molar-refractivity contribution in [3.05, 3.63) is 71.2 Å². The molecule has 142 valence electrons. The van der Waals surface area contributed by atoms with Crippen molar-refractivity contribution in [2.75, 3.05) is 13.7 Å². The highest BCUT2D eigenvalue weighted by molar-refractivity contribution is 9.10. The van der Waals surface area contributed by atoms with Crippen LogP contribution in [0.5, 0.6) is 5.75 Å². The average Bonchev–Trinajstić information content (AvgIpc) is 2.72. The molecule has 1 atom stereocenters. The number of hydrogen-bond acceptors (Lipinski definition) is 3. The molecule has 3 nitrogen and oxygen atoms in total. The summed E-state index contributed by atoms with van der Waals surface area (Å²) in [5, 5.41) is 4.20. The second kappa shape index (κ2) is 8.03. The quantitative estimate of drug-likeness (QED) is 0.345. The fourth-order valence-corrected chi connectivity index (χ4v) is 4.81. The summed E-state index contributed by atoms with van der Waals surface area (Å²) in [6, 6.07) is 22.1. The molecule has 0 fully saturated rings. The fraction of sp³-hybridized carbons (Fsp3) is 0.130. The van der Waals surface area contributed by atoms with Crippen molar-refractivity contribution in [1.82, 2.24) is 0 Å². The second-order valence-electron chi connectivity index (χ2n) is 6.31. The average molecular weight is 455 g/mol. The first kappa shape index (κ1) is 19.1. The lowest BCUT2D eigenvalue weighted by Gasteiger charge is -2.18. The molecule has 0 amide bonds. The van der Waals surface area contributed by atoms with Crippen molar-refractivity contribution in [3.8, 4) is 16.9 Å². The monoisotopic (exact) mass is 454 g/mol. The number of methoxy groups -OCH3 is 1. The Kier molecular flexibility index (Phi) is 5.49. The van der Waals surface area contributed by atoms with E-state index in [1.807, 2.05) is 49.4 Å². The Balaban J connectivity index is 2.17. The molecule has 0 heterocycles. The van der Waals surface area contributed by atoms with Crippen LogP contribution in [-0.4, -0.2) is 17.9 Å². The van der Waals surface area contributed by atoms with Gasteiger partial charge in [-0.1, -0.05) is 58.4 Å². The summed E-state index contributed by atoms with van der Waals surface area (Å²) in [5.74, 6) is 0.737. The zero-order valence-electron chi connectivity index (χ0n) is 15.6. The first-order valence-electron chi connectivity index (χ1n) is 8.97. The maximum atomic E-state index is 12.9. The highest BCUT2D eigenvalue weighted by Crippen LogP contribution is 2.44. The molecular weight excluding hydrogens is 436 g/mol. The first-order valence-corrected chi connectivity index (χ1v) is 10.8. The molecule has 0 bridgehead atoms. The van der Waals surface area contributed by atoms with Crippen LogP contribution < -0.4 is 4.74 Å². The van der Waals surface area contributed by atoms with E-state index in [1.54, 1.807) is 7.11 Å². The minimum absolute atomic E-state index is 0.374. The van der Waals surface area contributed by atoms with Gasteiger partial charge in [0.25, 0.3) is 0 Å². The summed E-state index contributed by atoms with van der Waals surface area (Å²) in [5.41, 5.74) is 1.81. The summed E-state index contributed by atoms with van der Waals surface area (Å²) in [7, 11) is 1.66. The molecule has 4 rings (SSSR count). The van der Waals surface area contributed by atoms with Crippen LogP contribution in [0.15, 0.2) is 76.1 Å². The molecule has 0 radical (unpaired) electrons. The Bertz CT molecular complexity index is 1200. The molecule has 1 unspecified atom stereocenters. The van der Waals surface area contributed by atoms with Crippen LogP contribution in [0.4, 0.5) is 0 Å². The number of benzene rings is 4. The molecule has 0 aliphatic heterocycles. The van der Waals surface area contributed by atoms with Crippen molar-refractivity contribution in [2.45, 2.75) is 11.8 Å². The van der Waals surface area contributed by atoms with E-state index >= 15 is 0 Å². The van der Waals surface area contributed by atoms with E-state index in [2.05, 4.69) is 40.2 Å². The SMILES string of the molecule is CCOS(=O)c1ccc2ccccc2c1-c1c(OC)ccc2cc(Br)ccc12. The number of ether oxygens (including phenoxy) is 1. The van der Waals surface area contributed by atoms with Gasteiger partial charge in [-0.3, -0.25) is 4.18 Å². The molecule has 4 aromatic rings. The second-order valence-corrected chi connectivity index (χ2v) is 8.37. The van der Waals surface area contributed by atoms with E-state index in [0.29, 0.717) is 11.5 Å². The van der Waals surface area contributed by atoms with E-state index in [9.17, 15) is 4.21 Å². The molecule has 0 aliphatic carbocycles. The van der Waals surface area contributed by atoms with Crippen molar-refractivity contribution in [2.24, 2.45) is 0 Å². The number of fused-ring (bicyclic) bond motifs is 2. The lowest BCUT2D eigenvalue weighted by atomic mass is 9.93. The summed E-state index contributed by atoms with van der Waals surface area (Å²) in [4.78, 5) is 0.647. The van der Waals surface area contributed by atoms with Crippen molar-refractivity contribution < 1.29 is 13.1 Å². The molecule has 5 heteroatoms. The molecule has 0 N–H and O–H groups in total. The Hall–Kier alpha value is -2.21. The molecule has 0 aliphatic rings. The molecule has 0 spiro atoms. The predicted octanol–water partition coefficient (Wildman–Crippen LogP) is 6.49. The van der Waals surface area contributed by atoms with Gasteiger partial charge in [0.1, 0.15) is 5.75 Å². The summed E-state index contributed by atoms with van der Waals surface area (Å²) in [6.07, 6.45) is 0. The zero-order valence-corrected chi connectivity index (χ0v) is 18.0. The van der Waals surface area contributed by atoms with Crippen LogP contribution in [0.1, 0.15) is 6.92 Å². The Morgan fingerprint density at radius 3 is 2.43 bits per heavy atom. The third kappa shape index (κ3) is 3.34. The maximum absolute atomic E-state index is 12.9. The molecule has 0 saturated carbocycles. The minimum Gasteiger partial charge on any atom is -0.496 e. The minimum atomic E-state index is -1.57. The zero-order chi connectivity index (χ0) is 19.7.